The molecule has 17 heavy (non-hydrogen) atoms. The van der Waals surface area contributed by atoms with Gasteiger partial charge in [0.25, 0.3) is 0 Å². The van der Waals surface area contributed by atoms with Crippen LogP contribution in [0.1, 0.15) is 36.5 Å². The van der Waals surface area contributed by atoms with Gasteiger partial charge in [0.15, 0.2) is 5.78 Å². The van der Waals surface area contributed by atoms with E-state index in [9.17, 15) is 9.90 Å². The third-order valence-electron chi connectivity index (χ3n) is 3.28. The number of Topliss-reactive ketones (excluding diaryl/α,β-unsaturated/α-hetero) is 1. The third-order valence-corrected chi connectivity index (χ3v) is 3.28. The fraction of sp³-hybridized carbons (Fsp3) is 0.538. The molecule has 1 saturated heterocycles. The van der Waals surface area contributed by atoms with Gasteiger partial charge in [-0.25, -0.2) is 4.98 Å². The zero-order valence-corrected chi connectivity index (χ0v) is 10.1. The van der Waals surface area contributed by atoms with Crippen LogP contribution in [0.4, 0.5) is 5.82 Å². The Hall–Kier alpha value is -1.42. The molecule has 0 spiro atoms. The van der Waals surface area contributed by atoms with E-state index >= 15 is 0 Å². The molecule has 0 amide bonds. The van der Waals surface area contributed by atoms with Crippen molar-refractivity contribution in [3.63, 3.8) is 0 Å². The number of carbonyl (C=O) groups is 1. The standard InChI is InChI=1S/C13H18N2O2/c1-10(17)11-5-6-14-13(8-11)15-7-3-2-4-12(15)9-16/h5-6,8,12,16H,2-4,7,9H2,1H3. The first-order valence-corrected chi connectivity index (χ1v) is 6.07. The van der Waals surface area contributed by atoms with E-state index in [1.54, 1.807) is 19.2 Å². The Balaban J connectivity index is 2.25. The molecule has 0 aliphatic carbocycles. The van der Waals surface area contributed by atoms with Crippen molar-refractivity contribution < 1.29 is 9.90 Å². The summed E-state index contributed by atoms with van der Waals surface area (Å²) in [5, 5.41) is 9.36. The molecule has 1 fully saturated rings. The average Bonchev–Trinajstić information content (AvgIpc) is 2.39. The number of piperidine rings is 1. The minimum absolute atomic E-state index is 0.0474. The maximum atomic E-state index is 11.3. The minimum Gasteiger partial charge on any atom is -0.394 e. The van der Waals surface area contributed by atoms with Gasteiger partial charge in [-0.15, -0.1) is 0 Å². The predicted octanol–water partition coefficient (Wildman–Crippen LogP) is 1.64. The van der Waals surface area contributed by atoms with E-state index < -0.39 is 0 Å². The number of anilines is 1. The lowest BCUT2D eigenvalue weighted by molar-refractivity contribution is 0.101. The van der Waals surface area contributed by atoms with Crippen molar-refractivity contribution in [2.24, 2.45) is 0 Å². The molecule has 1 atom stereocenters. The SMILES string of the molecule is CC(=O)c1ccnc(N2CCCCC2CO)c1. The first kappa shape index (κ1) is 12.0. The van der Waals surface area contributed by atoms with E-state index in [0.717, 1.165) is 31.6 Å². The zero-order valence-electron chi connectivity index (χ0n) is 10.1. The third kappa shape index (κ3) is 2.64. The lowest BCUT2D eigenvalue weighted by Crippen LogP contribution is -2.42. The van der Waals surface area contributed by atoms with Gasteiger partial charge in [-0.2, -0.15) is 0 Å². The van der Waals surface area contributed by atoms with Gasteiger partial charge in [0.05, 0.1) is 12.6 Å². The molecule has 2 heterocycles. The van der Waals surface area contributed by atoms with Crippen LogP contribution in [0.2, 0.25) is 0 Å². The Bertz CT molecular complexity index is 406. The van der Waals surface area contributed by atoms with Gasteiger partial charge in [0.1, 0.15) is 5.82 Å². The van der Waals surface area contributed by atoms with Crippen molar-refractivity contribution in [2.45, 2.75) is 32.2 Å². The number of rotatable bonds is 3. The van der Waals surface area contributed by atoms with E-state index in [1.165, 1.54) is 0 Å². The molecule has 0 radical (unpaired) electrons. The number of aliphatic hydroxyl groups is 1. The van der Waals surface area contributed by atoms with Gasteiger partial charge in [-0.3, -0.25) is 4.79 Å². The monoisotopic (exact) mass is 234 g/mol. The van der Waals surface area contributed by atoms with E-state index in [4.69, 9.17) is 0 Å². The highest BCUT2D eigenvalue weighted by Crippen LogP contribution is 2.23. The van der Waals surface area contributed by atoms with Crippen LogP contribution in [-0.4, -0.2) is 35.1 Å². The second kappa shape index (κ2) is 5.27. The molecule has 0 bridgehead atoms. The van der Waals surface area contributed by atoms with Crippen LogP contribution in [0.5, 0.6) is 0 Å². The van der Waals surface area contributed by atoms with Crippen LogP contribution in [0.3, 0.4) is 0 Å². The Kier molecular flexibility index (Phi) is 3.74. The van der Waals surface area contributed by atoms with Gasteiger partial charge in [-0.1, -0.05) is 0 Å². The molecule has 1 unspecified atom stereocenters. The fourth-order valence-corrected chi connectivity index (χ4v) is 2.29. The Labute approximate surface area is 101 Å². The molecular weight excluding hydrogens is 216 g/mol. The van der Waals surface area contributed by atoms with Crippen LogP contribution < -0.4 is 4.90 Å². The van der Waals surface area contributed by atoms with Crippen LogP contribution in [-0.2, 0) is 0 Å². The summed E-state index contributed by atoms with van der Waals surface area (Å²) in [5.74, 6) is 0.850. The summed E-state index contributed by atoms with van der Waals surface area (Å²) in [4.78, 5) is 17.7. The lowest BCUT2D eigenvalue weighted by Gasteiger charge is -2.35. The highest BCUT2D eigenvalue weighted by atomic mass is 16.3. The number of carbonyl (C=O) groups excluding carboxylic acids is 1. The summed E-state index contributed by atoms with van der Waals surface area (Å²) in [7, 11) is 0. The smallest absolute Gasteiger partial charge is 0.159 e. The van der Waals surface area contributed by atoms with Crippen molar-refractivity contribution in [1.29, 1.82) is 0 Å². The van der Waals surface area contributed by atoms with E-state index in [1.807, 2.05) is 6.07 Å². The van der Waals surface area contributed by atoms with Crippen molar-refractivity contribution in [2.75, 3.05) is 18.1 Å². The number of ketones is 1. The minimum atomic E-state index is 0.0474. The summed E-state index contributed by atoms with van der Waals surface area (Å²) in [5.41, 5.74) is 0.678. The van der Waals surface area contributed by atoms with E-state index in [0.29, 0.717) is 5.56 Å². The molecule has 4 nitrogen and oxygen atoms in total. The van der Waals surface area contributed by atoms with Gasteiger partial charge < -0.3 is 10.0 Å². The van der Waals surface area contributed by atoms with Gasteiger partial charge in [0.2, 0.25) is 0 Å². The van der Waals surface area contributed by atoms with Crippen molar-refractivity contribution >= 4 is 11.6 Å². The highest BCUT2D eigenvalue weighted by molar-refractivity contribution is 5.94. The highest BCUT2D eigenvalue weighted by Gasteiger charge is 2.23. The average molecular weight is 234 g/mol. The first-order valence-electron chi connectivity index (χ1n) is 6.07. The molecule has 1 aliphatic rings. The summed E-state index contributed by atoms with van der Waals surface area (Å²) in [6.45, 7) is 2.60. The second-order valence-electron chi connectivity index (χ2n) is 4.48. The predicted molar refractivity (Wildman–Crippen MR) is 66.3 cm³/mol. The molecule has 1 aromatic rings. The number of hydrogen-bond donors (Lipinski definition) is 1. The molecule has 1 aliphatic heterocycles. The van der Waals surface area contributed by atoms with E-state index in [-0.39, 0.29) is 18.4 Å². The number of hydrogen-bond acceptors (Lipinski definition) is 4. The topological polar surface area (TPSA) is 53.4 Å². The normalized spacial score (nSPS) is 20.4. The first-order chi connectivity index (χ1) is 8.22. The molecule has 1 aromatic heterocycles. The molecular formula is C13H18N2O2. The number of aromatic nitrogens is 1. The largest absolute Gasteiger partial charge is 0.394 e. The molecule has 1 N–H and O–H groups in total. The van der Waals surface area contributed by atoms with Crippen molar-refractivity contribution in [3.8, 4) is 0 Å². The Morgan fingerprint density at radius 1 is 1.59 bits per heavy atom. The van der Waals surface area contributed by atoms with Gasteiger partial charge in [-0.05, 0) is 38.3 Å². The summed E-state index contributed by atoms with van der Waals surface area (Å²) in [6.07, 6.45) is 4.91. The molecule has 2 rings (SSSR count). The maximum absolute atomic E-state index is 11.3. The zero-order chi connectivity index (χ0) is 12.3. The maximum Gasteiger partial charge on any atom is 0.159 e. The van der Waals surface area contributed by atoms with E-state index in [2.05, 4.69) is 9.88 Å². The summed E-state index contributed by atoms with van der Waals surface area (Å²) in [6, 6.07) is 3.68. The van der Waals surface area contributed by atoms with Crippen molar-refractivity contribution in [3.05, 3.63) is 23.9 Å². The van der Waals surface area contributed by atoms with Gasteiger partial charge >= 0.3 is 0 Å². The number of pyridine rings is 1. The molecule has 92 valence electrons. The van der Waals surface area contributed by atoms with Gasteiger partial charge in [0, 0.05) is 18.3 Å². The second-order valence-corrected chi connectivity index (χ2v) is 4.48. The van der Waals surface area contributed by atoms with Crippen LogP contribution in [0, 0.1) is 0 Å². The fourth-order valence-electron chi connectivity index (χ4n) is 2.29. The van der Waals surface area contributed by atoms with Crippen LogP contribution in [0.15, 0.2) is 18.3 Å². The van der Waals surface area contributed by atoms with Crippen molar-refractivity contribution in [1.82, 2.24) is 4.98 Å². The number of nitrogens with zero attached hydrogens (tertiary/aromatic N) is 2. The molecule has 0 saturated carbocycles. The Morgan fingerprint density at radius 2 is 2.41 bits per heavy atom. The van der Waals surface area contributed by atoms with Crippen LogP contribution >= 0.6 is 0 Å². The summed E-state index contributed by atoms with van der Waals surface area (Å²) >= 11 is 0. The lowest BCUT2D eigenvalue weighted by atomic mass is 10.0. The summed E-state index contributed by atoms with van der Waals surface area (Å²) < 4.78 is 0. The molecule has 4 heteroatoms. The quantitative estimate of drug-likeness (QED) is 0.808. The Morgan fingerprint density at radius 3 is 3.12 bits per heavy atom. The molecule has 0 aromatic carbocycles. The van der Waals surface area contributed by atoms with Crippen LogP contribution in [0.25, 0.3) is 0 Å². The number of aliphatic hydroxyl groups excluding tert-OH is 1.